The highest BCUT2D eigenvalue weighted by atomic mass is 32.1. The zero-order chi connectivity index (χ0) is 14.7. The van der Waals surface area contributed by atoms with Gasteiger partial charge in [0, 0.05) is 24.4 Å². The fourth-order valence-corrected chi connectivity index (χ4v) is 3.00. The number of hydrogen-bond acceptors (Lipinski definition) is 4. The fourth-order valence-electron chi connectivity index (χ4n) is 2.17. The van der Waals surface area contributed by atoms with Gasteiger partial charge in [-0.1, -0.05) is 12.1 Å². The summed E-state index contributed by atoms with van der Waals surface area (Å²) >= 11 is 1.74. The van der Waals surface area contributed by atoms with Gasteiger partial charge in [0.1, 0.15) is 0 Å². The number of rotatable bonds is 5. The largest absolute Gasteiger partial charge is 0.396 e. The smallest absolute Gasteiger partial charge is 0.250 e. The molecule has 5 heteroatoms. The van der Waals surface area contributed by atoms with Crippen LogP contribution in [0.15, 0.2) is 35.7 Å². The van der Waals surface area contributed by atoms with Gasteiger partial charge >= 0.3 is 0 Å². The molecule has 0 saturated carbocycles. The van der Waals surface area contributed by atoms with Gasteiger partial charge in [0.25, 0.3) is 5.91 Å². The van der Waals surface area contributed by atoms with Gasteiger partial charge in [0.15, 0.2) is 0 Å². The van der Waals surface area contributed by atoms with Crippen molar-refractivity contribution in [2.75, 3.05) is 17.7 Å². The van der Waals surface area contributed by atoms with E-state index in [0.717, 1.165) is 12.1 Å². The zero-order valence-electron chi connectivity index (χ0n) is 11.7. The van der Waals surface area contributed by atoms with Crippen LogP contribution in [0.2, 0.25) is 0 Å². The van der Waals surface area contributed by atoms with Crippen molar-refractivity contribution in [3.8, 4) is 0 Å². The minimum atomic E-state index is -0.497. The number of amides is 1. The summed E-state index contributed by atoms with van der Waals surface area (Å²) in [5, 5.41) is 2.07. The Morgan fingerprint density at radius 2 is 2.10 bits per heavy atom. The first-order valence-electron chi connectivity index (χ1n) is 6.44. The fraction of sp³-hybridized carbons (Fsp3) is 0.267. The van der Waals surface area contributed by atoms with Crippen LogP contribution < -0.4 is 16.4 Å². The summed E-state index contributed by atoms with van der Waals surface area (Å²) in [6.45, 7) is 2.14. The minimum absolute atomic E-state index is 0.277. The Morgan fingerprint density at radius 1 is 1.35 bits per heavy atom. The van der Waals surface area contributed by atoms with E-state index in [0.29, 0.717) is 11.3 Å². The van der Waals surface area contributed by atoms with E-state index in [9.17, 15) is 4.79 Å². The highest BCUT2D eigenvalue weighted by molar-refractivity contribution is 7.09. The quantitative estimate of drug-likeness (QED) is 0.831. The third-order valence-electron chi connectivity index (χ3n) is 3.47. The van der Waals surface area contributed by atoms with Crippen molar-refractivity contribution in [2.24, 2.45) is 5.73 Å². The van der Waals surface area contributed by atoms with E-state index in [1.807, 2.05) is 13.1 Å². The van der Waals surface area contributed by atoms with Gasteiger partial charge in [0.2, 0.25) is 0 Å². The van der Waals surface area contributed by atoms with Crippen molar-refractivity contribution in [1.29, 1.82) is 0 Å². The summed E-state index contributed by atoms with van der Waals surface area (Å²) < 4.78 is 0. The van der Waals surface area contributed by atoms with Gasteiger partial charge in [-0.2, -0.15) is 0 Å². The van der Waals surface area contributed by atoms with Gasteiger partial charge in [-0.3, -0.25) is 4.79 Å². The molecule has 0 fully saturated rings. The molecule has 0 radical (unpaired) electrons. The number of nitrogen functional groups attached to an aromatic ring is 1. The van der Waals surface area contributed by atoms with Gasteiger partial charge < -0.3 is 16.4 Å². The lowest BCUT2D eigenvalue weighted by atomic mass is 10.1. The predicted molar refractivity (Wildman–Crippen MR) is 85.3 cm³/mol. The molecule has 0 aliphatic rings. The van der Waals surface area contributed by atoms with Crippen LogP contribution in [0.25, 0.3) is 0 Å². The number of nitrogens with zero attached hydrogens (tertiary/aromatic N) is 1. The Labute approximate surface area is 123 Å². The van der Waals surface area contributed by atoms with Crippen LogP contribution in [0.1, 0.15) is 22.2 Å². The molecule has 1 unspecified atom stereocenters. The topological polar surface area (TPSA) is 72.3 Å². The van der Waals surface area contributed by atoms with Crippen LogP contribution in [0.5, 0.6) is 0 Å². The molecule has 2 aromatic rings. The third kappa shape index (κ3) is 2.93. The molecule has 0 spiro atoms. The molecule has 1 atom stereocenters. The van der Waals surface area contributed by atoms with E-state index >= 15 is 0 Å². The van der Waals surface area contributed by atoms with Crippen LogP contribution in [0.3, 0.4) is 0 Å². The molecule has 1 amide bonds. The summed E-state index contributed by atoms with van der Waals surface area (Å²) in [4.78, 5) is 14.8. The number of para-hydroxylation sites is 1. The van der Waals surface area contributed by atoms with E-state index < -0.39 is 5.91 Å². The number of anilines is 2. The van der Waals surface area contributed by atoms with Crippen molar-refractivity contribution >= 4 is 28.6 Å². The first kappa shape index (κ1) is 14.4. The average molecular weight is 289 g/mol. The normalized spacial score (nSPS) is 12.1. The molecule has 1 heterocycles. The number of carbonyl (C=O) groups excluding carboxylic acids is 1. The number of nitrogens with two attached hydrogens (primary N) is 2. The summed E-state index contributed by atoms with van der Waals surface area (Å²) in [6, 6.07) is 9.82. The maximum Gasteiger partial charge on any atom is 0.250 e. The van der Waals surface area contributed by atoms with E-state index in [-0.39, 0.29) is 6.04 Å². The Bertz CT molecular complexity index is 595. The number of hydrogen-bond donors (Lipinski definition) is 2. The molecular weight excluding hydrogens is 270 g/mol. The minimum Gasteiger partial charge on any atom is -0.396 e. The average Bonchev–Trinajstić information content (AvgIpc) is 2.90. The molecule has 2 rings (SSSR count). The molecule has 1 aromatic carbocycles. The van der Waals surface area contributed by atoms with E-state index in [4.69, 9.17) is 11.5 Å². The highest BCUT2D eigenvalue weighted by Crippen LogP contribution is 2.28. The van der Waals surface area contributed by atoms with Crippen molar-refractivity contribution < 1.29 is 4.79 Å². The van der Waals surface area contributed by atoms with E-state index in [1.54, 1.807) is 23.5 Å². The monoisotopic (exact) mass is 289 g/mol. The van der Waals surface area contributed by atoms with Gasteiger partial charge in [0.05, 0.1) is 16.9 Å². The molecular formula is C15H19N3OS. The second kappa shape index (κ2) is 5.96. The van der Waals surface area contributed by atoms with Crippen LogP contribution in [-0.2, 0) is 6.42 Å². The summed E-state index contributed by atoms with van der Waals surface area (Å²) in [5.41, 5.74) is 13.0. The number of thiophene rings is 1. The predicted octanol–water partition coefficient (Wildman–Crippen LogP) is 2.50. The van der Waals surface area contributed by atoms with Crippen LogP contribution in [0.4, 0.5) is 11.4 Å². The van der Waals surface area contributed by atoms with Gasteiger partial charge in [-0.25, -0.2) is 0 Å². The number of carbonyl (C=O) groups is 1. The Kier molecular flexibility index (Phi) is 4.29. The lowest BCUT2D eigenvalue weighted by Crippen LogP contribution is -2.31. The van der Waals surface area contributed by atoms with E-state index in [1.165, 1.54) is 4.88 Å². The summed E-state index contributed by atoms with van der Waals surface area (Å²) in [5.74, 6) is -0.497. The van der Waals surface area contributed by atoms with Crippen LogP contribution in [0, 0.1) is 0 Å². The second-order valence-electron chi connectivity index (χ2n) is 4.85. The molecule has 106 valence electrons. The van der Waals surface area contributed by atoms with E-state index in [2.05, 4.69) is 29.3 Å². The molecule has 0 saturated heterocycles. The lowest BCUT2D eigenvalue weighted by Gasteiger charge is -2.28. The van der Waals surface area contributed by atoms with Gasteiger partial charge in [-0.15, -0.1) is 11.3 Å². The molecule has 4 nitrogen and oxygen atoms in total. The first-order valence-corrected chi connectivity index (χ1v) is 7.32. The standard InChI is InChI=1S/C15H19N3OS/c1-10(9-11-5-4-8-20-11)18(2)13-7-3-6-12(14(13)16)15(17)19/h3-8,10H,9,16H2,1-2H3,(H2,17,19). The molecule has 0 bridgehead atoms. The van der Waals surface area contributed by atoms with Crippen molar-refractivity contribution in [2.45, 2.75) is 19.4 Å². The maximum absolute atomic E-state index is 11.3. The van der Waals surface area contributed by atoms with Crippen molar-refractivity contribution in [3.05, 3.63) is 46.2 Å². The Morgan fingerprint density at radius 3 is 2.70 bits per heavy atom. The van der Waals surface area contributed by atoms with Gasteiger partial charge in [-0.05, 0) is 30.5 Å². The molecule has 4 N–H and O–H groups in total. The summed E-state index contributed by atoms with van der Waals surface area (Å²) in [6.07, 6.45) is 0.939. The second-order valence-corrected chi connectivity index (χ2v) is 5.88. The Balaban J connectivity index is 2.22. The van der Waals surface area contributed by atoms with Crippen molar-refractivity contribution in [1.82, 2.24) is 0 Å². The zero-order valence-corrected chi connectivity index (χ0v) is 12.5. The summed E-state index contributed by atoms with van der Waals surface area (Å²) in [7, 11) is 1.98. The SMILES string of the molecule is CC(Cc1cccs1)N(C)c1cccc(C(N)=O)c1N. The molecule has 20 heavy (non-hydrogen) atoms. The highest BCUT2D eigenvalue weighted by Gasteiger charge is 2.16. The molecule has 1 aromatic heterocycles. The number of benzene rings is 1. The first-order chi connectivity index (χ1) is 9.50. The number of likely N-dealkylation sites (N-methyl/N-ethyl adjacent to an activating group) is 1. The lowest BCUT2D eigenvalue weighted by molar-refractivity contribution is 0.100. The maximum atomic E-state index is 11.3. The Hall–Kier alpha value is -2.01. The van der Waals surface area contributed by atoms with Crippen LogP contribution in [-0.4, -0.2) is 19.0 Å². The molecule has 0 aliphatic carbocycles. The van der Waals surface area contributed by atoms with Crippen LogP contribution >= 0.6 is 11.3 Å². The third-order valence-corrected chi connectivity index (χ3v) is 4.37. The number of primary amides is 1. The molecule has 0 aliphatic heterocycles. The van der Waals surface area contributed by atoms with Crippen molar-refractivity contribution in [3.63, 3.8) is 0 Å².